The summed E-state index contributed by atoms with van der Waals surface area (Å²) in [6.45, 7) is 0. The molecule has 0 spiro atoms. The van der Waals surface area contributed by atoms with Crippen LogP contribution < -0.4 is 0 Å². The molecule has 8 rings (SSSR count). The summed E-state index contributed by atoms with van der Waals surface area (Å²) in [5.41, 5.74) is 12.3. The molecule has 0 saturated carbocycles. The van der Waals surface area contributed by atoms with Crippen molar-refractivity contribution in [2.45, 2.75) is 0 Å². The summed E-state index contributed by atoms with van der Waals surface area (Å²) in [5, 5.41) is 23.4. The van der Waals surface area contributed by atoms with E-state index in [0.717, 1.165) is 59.5 Å². The number of aromatic nitrogens is 3. The van der Waals surface area contributed by atoms with E-state index in [-0.39, 0.29) is 29.0 Å². The van der Waals surface area contributed by atoms with Crippen LogP contribution in [-0.2, 0) is 0 Å². The Morgan fingerprint density at radius 3 is 1.67 bits per heavy atom. The third-order valence-electron chi connectivity index (χ3n) is 8.14. The number of nitrogens with zero attached hydrogens (tertiary/aromatic N) is 5. The van der Waals surface area contributed by atoms with Crippen molar-refractivity contribution in [3.63, 3.8) is 0 Å². The van der Waals surface area contributed by atoms with Gasteiger partial charge in [0, 0.05) is 0 Å². The molecule has 0 aliphatic rings. The van der Waals surface area contributed by atoms with Gasteiger partial charge in [-0.2, -0.15) is 0 Å². The Hall–Kier alpha value is -5.29. The molecule has 228 valence electrons. The summed E-state index contributed by atoms with van der Waals surface area (Å²) < 4.78 is 2.01. The van der Waals surface area contributed by atoms with Gasteiger partial charge in [-0.15, -0.1) is 0 Å². The number of hydrogen-bond acceptors (Lipinski definition) is 5. The van der Waals surface area contributed by atoms with Crippen LogP contribution in [0.3, 0.4) is 0 Å². The maximum absolute atomic E-state index is 4.96. The van der Waals surface area contributed by atoms with Crippen LogP contribution in [0.2, 0.25) is 0 Å². The van der Waals surface area contributed by atoms with Crippen molar-refractivity contribution >= 4 is 38.1 Å². The van der Waals surface area contributed by atoms with Crippen molar-refractivity contribution in [1.29, 1.82) is 0 Å². The van der Waals surface area contributed by atoms with E-state index >= 15 is 0 Å². The quantitative estimate of drug-likeness (QED) is 0.115. The summed E-state index contributed by atoms with van der Waals surface area (Å²) in [7, 11) is 0. The molecule has 8 aromatic rings. The molecule has 0 atom stereocenters. The average molecular weight is 748 g/mol. The zero-order chi connectivity index (χ0) is 32.1. The van der Waals surface area contributed by atoms with Gasteiger partial charge in [0.15, 0.2) is 0 Å². The second-order valence-electron chi connectivity index (χ2n) is 11.0. The standard InChI is InChI=1S/C41H27N5Se2/c1-4-15-28(16-5-1)31-21-10-11-22-32(31)35-27-48-41(45-42-36-25-14-26-47-36)38(35)33-23-12-13-24-34(33)40-37(29-17-6-2-7-18-29)39(43-46-44-40)30-19-8-3-9-20-30/h1-27H. The van der Waals surface area contributed by atoms with Crippen molar-refractivity contribution in [2.75, 3.05) is 0 Å². The van der Waals surface area contributed by atoms with E-state index in [1.807, 2.05) is 24.3 Å². The molecule has 5 aromatic carbocycles. The Kier molecular flexibility index (Phi) is 8.66. The Balaban J connectivity index is 1.40. The van der Waals surface area contributed by atoms with Crippen LogP contribution in [0.5, 0.6) is 0 Å². The predicted molar refractivity (Wildman–Crippen MR) is 197 cm³/mol. The summed E-state index contributed by atoms with van der Waals surface area (Å²) >= 11 is 0.168. The molecule has 3 heterocycles. The summed E-state index contributed by atoms with van der Waals surface area (Å²) in [4.78, 5) is 4.52. The van der Waals surface area contributed by atoms with Crippen LogP contribution in [-0.4, -0.2) is 44.4 Å². The van der Waals surface area contributed by atoms with Crippen LogP contribution in [0.25, 0.3) is 67.0 Å². The SMILES string of the molecule is c1ccc(-c2ccccc2-c2c[se]c(N=Nc3ccc[se]3)c2-c2ccccc2-c2nnnc(-c3ccccc3)c2-c2ccccc2)cc1. The molecular formula is C41H27N5Se2. The van der Waals surface area contributed by atoms with Crippen molar-refractivity contribution in [1.82, 2.24) is 15.4 Å². The molecule has 0 aliphatic carbocycles. The van der Waals surface area contributed by atoms with E-state index in [2.05, 4.69) is 148 Å². The van der Waals surface area contributed by atoms with Gasteiger partial charge in [-0.05, 0) is 0 Å². The number of rotatable bonds is 8. The first-order valence-electron chi connectivity index (χ1n) is 15.5. The first-order chi connectivity index (χ1) is 23.8. The van der Waals surface area contributed by atoms with Crippen molar-refractivity contribution in [2.24, 2.45) is 10.2 Å². The fourth-order valence-corrected chi connectivity index (χ4v) is 9.01. The van der Waals surface area contributed by atoms with Crippen LogP contribution in [0.1, 0.15) is 0 Å². The minimum atomic E-state index is -0.0357. The molecule has 0 aliphatic heterocycles. The molecule has 0 N–H and O–H groups in total. The monoisotopic (exact) mass is 749 g/mol. The fraction of sp³-hybridized carbons (Fsp3) is 0. The Morgan fingerprint density at radius 1 is 0.396 bits per heavy atom. The number of azo groups is 1. The average Bonchev–Trinajstić information content (AvgIpc) is 3.85. The molecule has 48 heavy (non-hydrogen) atoms. The van der Waals surface area contributed by atoms with Gasteiger partial charge >= 0.3 is 292 Å². The molecule has 7 heteroatoms. The van der Waals surface area contributed by atoms with Gasteiger partial charge in [-0.3, -0.25) is 0 Å². The zero-order valence-corrected chi connectivity index (χ0v) is 29.1. The minimum absolute atomic E-state index is 0.0357. The number of benzene rings is 5. The topological polar surface area (TPSA) is 63.4 Å². The van der Waals surface area contributed by atoms with Gasteiger partial charge in [0.25, 0.3) is 0 Å². The predicted octanol–water partition coefficient (Wildman–Crippen LogP) is 10.4. The van der Waals surface area contributed by atoms with Crippen LogP contribution in [0, 0.1) is 0 Å². The molecular weight excluding hydrogens is 720 g/mol. The van der Waals surface area contributed by atoms with E-state index in [1.54, 1.807) is 0 Å². The van der Waals surface area contributed by atoms with Gasteiger partial charge in [0.1, 0.15) is 0 Å². The van der Waals surface area contributed by atoms with E-state index in [9.17, 15) is 0 Å². The van der Waals surface area contributed by atoms with E-state index in [1.165, 1.54) is 16.7 Å². The fourth-order valence-electron chi connectivity index (χ4n) is 5.99. The van der Waals surface area contributed by atoms with Gasteiger partial charge in [0.2, 0.25) is 0 Å². The molecule has 5 nitrogen and oxygen atoms in total. The van der Waals surface area contributed by atoms with E-state index in [0.29, 0.717) is 0 Å². The Labute approximate surface area is 290 Å². The zero-order valence-electron chi connectivity index (χ0n) is 25.6. The Bertz CT molecular complexity index is 2330. The summed E-state index contributed by atoms with van der Waals surface area (Å²) in [6, 6.07) is 52.4. The second-order valence-corrected chi connectivity index (χ2v) is 14.8. The molecule has 0 unspecified atom stereocenters. The van der Waals surface area contributed by atoms with Gasteiger partial charge in [0.05, 0.1) is 0 Å². The third kappa shape index (κ3) is 5.97. The molecule has 3 aromatic heterocycles. The van der Waals surface area contributed by atoms with E-state index in [4.69, 9.17) is 15.3 Å². The molecule has 0 amide bonds. The van der Waals surface area contributed by atoms with Gasteiger partial charge in [-0.1, -0.05) is 0 Å². The maximum atomic E-state index is 4.96. The van der Waals surface area contributed by atoms with Gasteiger partial charge in [-0.25, -0.2) is 0 Å². The van der Waals surface area contributed by atoms with Gasteiger partial charge < -0.3 is 0 Å². The first-order valence-corrected chi connectivity index (χ1v) is 19.2. The normalized spacial score (nSPS) is 11.2. The van der Waals surface area contributed by atoms with Crippen molar-refractivity contribution < 1.29 is 0 Å². The second kappa shape index (κ2) is 13.8. The summed E-state index contributed by atoms with van der Waals surface area (Å²) in [6.07, 6.45) is 0. The van der Waals surface area contributed by atoms with Crippen LogP contribution in [0.15, 0.2) is 172 Å². The van der Waals surface area contributed by atoms with E-state index < -0.39 is 0 Å². The molecule has 0 radical (unpaired) electrons. The molecule has 0 bridgehead atoms. The first kappa shape index (κ1) is 30.1. The van der Waals surface area contributed by atoms with Crippen LogP contribution in [0.4, 0.5) is 9.12 Å². The molecule has 0 fully saturated rings. The molecule has 0 saturated heterocycles. The van der Waals surface area contributed by atoms with Crippen LogP contribution >= 0.6 is 0 Å². The third-order valence-corrected chi connectivity index (χ3v) is 11.5. The van der Waals surface area contributed by atoms with Crippen molar-refractivity contribution in [3.05, 3.63) is 162 Å². The summed E-state index contributed by atoms with van der Waals surface area (Å²) in [5.74, 6) is 0. The van der Waals surface area contributed by atoms with Crippen molar-refractivity contribution in [3.8, 4) is 67.0 Å². The Morgan fingerprint density at radius 2 is 0.979 bits per heavy atom. The number of hydrogen-bond donors (Lipinski definition) is 0.